The highest BCUT2D eigenvalue weighted by molar-refractivity contribution is 5.87. The molecule has 7 heteroatoms. The number of ether oxygens (including phenoxy) is 1. The molecule has 0 aromatic rings. The van der Waals surface area contributed by atoms with Gasteiger partial charge in [0, 0.05) is 32.4 Å². The third-order valence-electron chi connectivity index (χ3n) is 3.19. The molecule has 114 valence electrons. The minimum Gasteiger partial charge on any atom is -0.479 e. The summed E-state index contributed by atoms with van der Waals surface area (Å²) in [6.45, 7) is 2.91. The predicted molar refractivity (Wildman–Crippen MR) is 71.1 cm³/mol. The Labute approximate surface area is 118 Å². The minimum absolute atomic E-state index is 0.00887. The minimum atomic E-state index is -1.30. The molecule has 1 heterocycles. The zero-order chi connectivity index (χ0) is 15.0. The Morgan fingerprint density at radius 3 is 2.50 bits per heavy atom. The fourth-order valence-corrected chi connectivity index (χ4v) is 1.98. The van der Waals surface area contributed by atoms with Crippen molar-refractivity contribution in [3.8, 4) is 0 Å². The summed E-state index contributed by atoms with van der Waals surface area (Å²) in [6, 6.07) is 0. The molecular formula is C13H22N2O5. The average Bonchev–Trinajstić information content (AvgIpc) is 2.86. The predicted octanol–water partition coefficient (Wildman–Crippen LogP) is 0.0428. The maximum atomic E-state index is 11.7. The standard InChI is InChI=1S/C13H22N2O5/c1-2-7-14-10(16)4-3-5-11(17)15-13(12(18)19)6-8-20-9-13/h2-9H2,1H3,(H,14,16)(H,15,17)(H,18,19). The summed E-state index contributed by atoms with van der Waals surface area (Å²) in [7, 11) is 0. The molecule has 1 aliphatic heterocycles. The van der Waals surface area contributed by atoms with E-state index >= 15 is 0 Å². The fraction of sp³-hybridized carbons (Fsp3) is 0.769. The van der Waals surface area contributed by atoms with E-state index in [1.54, 1.807) is 0 Å². The van der Waals surface area contributed by atoms with Crippen molar-refractivity contribution in [3.63, 3.8) is 0 Å². The second-order valence-corrected chi connectivity index (χ2v) is 4.94. The molecule has 0 aliphatic carbocycles. The van der Waals surface area contributed by atoms with Crippen LogP contribution in [0, 0.1) is 0 Å². The van der Waals surface area contributed by atoms with E-state index in [1.807, 2.05) is 6.92 Å². The van der Waals surface area contributed by atoms with Crippen molar-refractivity contribution < 1.29 is 24.2 Å². The fourth-order valence-electron chi connectivity index (χ4n) is 1.98. The molecule has 1 fully saturated rings. The molecule has 0 bridgehead atoms. The first-order chi connectivity index (χ1) is 9.50. The molecule has 1 saturated heterocycles. The monoisotopic (exact) mass is 286 g/mol. The van der Waals surface area contributed by atoms with Crippen molar-refractivity contribution in [2.24, 2.45) is 0 Å². The van der Waals surface area contributed by atoms with Crippen LogP contribution in [-0.4, -0.2) is 48.2 Å². The van der Waals surface area contributed by atoms with Crippen molar-refractivity contribution in [1.82, 2.24) is 10.6 Å². The number of carboxylic acids is 1. The number of carboxylic acid groups (broad SMARTS) is 1. The SMILES string of the molecule is CCCNC(=O)CCCC(=O)NC1(C(=O)O)CCOC1. The Morgan fingerprint density at radius 1 is 1.25 bits per heavy atom. The molecule has 0 aromatic carbocycles. The van der Waals surface area contributed by atoms with E-state index in [0.29, 0.717) is 19.6 Å². The average molecular weight is 286 g/mol. The number of carbonyl (C=O) groups is 3. The van der Waals surface area contributed by atoms with E-state index in [0.717, 1.165) is 6.42 Å². The number of aliphatic carboxylic acids is 1. The Balaban J connectivity index is 2.29. The van der Waals surface area contributed by atoms with Crippen LogP contribution in [0.2, 0.25) is 0 Å². The van der Waals surface area contributed by atoms with Crippen molar-refractivity contribution in [3.05, 3.63) is 0 Å². The smallest absolute Gasteiger partial charge is 0.331 e. The van der Waals surface area contributed by atoms with Crippen molar-refractivity contribution in [2.45, 2.75) is 44.6 Å². The van der Waals surface area contributed by atoms with Gasteiger partial charge in [0.1, 0.15) is 0 Å². The molecule has 0 saturated carbocycles. The Hall–Kier alpha value is -1.63. The zero-order valence-corrected chi connectivity index (χ0v) is 11.7. The molecule has 0 aromatic heterocycles. The van der Waals surface area contributed by atoms with E-state index in [1.165, 1.54) is 0 Å². The van der Waals surface area contributed by atoms with Gasteiger partial charge in [-0.1, -0.05) is 6.92 Å². The van der Waals surface area contributed by atoms with Gasteiger partial charge in [0.2, 0.25) is 11.8 Å². The van der Waals surface area contributed by atoms with E-state index in [9.17, 15) is 14.4 Å². The Morgan fingerprint density at radius 2 is 1.95 bits per heavy atom. The molecule has 20 heavy (non-hydrogen) atoms. The summed E-state index contributed by atoms with van der Waals surface area (Å²) >= 11 is 0. The van der Waals surface area contributed by atoms with Crippen LogP contribution in [0.3, 0.4) is 0 Å². The van der Waals surface area contributed by atoms with Gasteiger partial charge in [-0.25, -0.2) is 4.79 Å². The van der Waals surface area contributed by atoms with Crippen molar-refractivity contribution >= 4 is 17.8 Å². The number of carbonyl (C=O) groups excluding carboxylic acids is 2. The van der Waals surface area contributed by atoms with Gasteiger partial charge in [-0.05, 0) is 12.8 Å². The van der Waals surface area contributed by atoms with Gasteiger partial charge >= 0.3 is 5.97 Å². The summed E-state index contributed by atoms with van der Waals surface area (Å²) in [4.78, 5) is 34.3. The first kappa shape index (κ1) is 16.4. The third-order valence-corrected chi connectivity index (χ3v) is 3.19. The molecule has 2 amide bonds. The maximum Gasteiger partial charge on any atom is 0.331 e. The normalized spacial score (nSPS) is 21.4. The number of hydrogen-bond acceptors (Lipinski definition) is 4. The van der Waals surface area contributed by atoms with Crippen LogP contribution in [0.1, 0.15) is 39.0 Å². The maximum absolute atomic E-state index is 11.7. The lowest BCUT2D eigenvalue weighted by Gasteiger charge is -2.23. The molecule has 1 rings (SSSR count). The van der Waals surface area contributed by atoms with E-state index < -0.39 is 11.5 Å². The molecular weight excluding hydrogens is 264 g/mol. The topological polar surface area (TPSA) is 105 Å². The first-order valence-electron chi connectivity index (χ1n) is 6.89. The van der Waals surface area contributed by atoms with Crippen LogP contribution in [0.4, 0.5) is 0 Å². The molecule has 7 nitrogen and oxygen atoms in total. The summed E-state index contributed by atoms with van der Waals surface area (Å²) in [5.41, 5.74) is -1.30. The van der Waals surface area contributed by atoms with Gasteiger partial charge in [-0.3, -0.25) is 9.59 Å². The Bertz CT molecular complexity index is 364. The van der Waals surface area contributed by atoms with Crippen LogP contribution < -0.4 is 10.6 Å². The summed E-state index contributed by atoms with van der Waals surface area (Å²) in [5.74, 6) is -1.53. The molecule has 1 aliphatic rings. The van der Waals surface area contributed by atoms with Gasteiger partial charge in [0.05, 0.1) is 6.61 Å². The summed E-state index contributed by atoms with van der Waals surface area (Å²) in [6.07, 6.45) is 1.94. The van der Waals surface area contributed by atoms with Gasteiger partial charge < -0.3 is 20.5 Å². The zero-order valence-electron chi connectivity index (χ0n) is 11.7. The van der Waals surface area contributed by atoms with Gasteiger partial charge in [0.15, 0.2) is 5.54 Å². The van der Waals surface area contributed by atoms with Crippen molar-refractivity contribution in [1.29, 1.82) is 0 Å². The van der Waals surface area contributed by atoms with Crippen LogP contribution in [0.5, 0.6) is 0 Å². The second-order valence-electron chi connectivity index (χ2n) is 4.94. The summed E-state index contributed by atoms with van der Waals surface area (Å²) < 4.78 is 5.05. The quantitative estimate of drug-likeness (QED) is 0.584. The number of rotatable bonds is 8. The highest BCUT2D eigenvalue weighted by Crippen LogP contribution is 2.19. The van der Waals surface area contributed by atoms with Crippen molar-refractivity contribution in [2.75, 3.05) is 19.8 Å². The number of hydrogen-bond donors (Lipinski definition) is 3. The lowest BCUT2D eigenvalue weighted by molar-refractivity contribution is -0.147. The summed E-state index contributed by atoms with van der Waals surface area (Å²) in [5, 5.41) is 14.4. The van der Waals surface area contributed by atoms with E-state index in [-0.39, 0.29) is 37.7 Å². The Kier molecular flexibility index (Phi) is 6.44. The molecule has 1 unspecified atom stereocenters. The van der Waals surface area contributed by atoms with Crippen LogP contribution in [-0.2, 0) is 19.1 Å². The van der Waals surface area contributed by atoms with E-state index in [4.69, 9.17) is 9.84 Å². The van der Waals surface area contributed by atoms with Gasteiger partial charge in [-0.2, -0.15) is 0 Å². The molecule has 0 spiro atoms. The third kappa shape index (κ3) is 4.80. The highest BCUT2D eigenvalue weighted by atomic mass is 16.5. The van der Waals surface area contributed by atoms with Gasteiger partial charge in [0.25, 0.3) is 0 Å². The van der Waals surface area contributed by atoms with E-state index in [2.05, 4.69) is 10.6 Å². The second kappa shape index (κ2) is 7.84. The highest BCUT2D eigenvalue weighted by Gasteiger charge is 2.43. The molecule has 1 atom stereocenters. The van der Waals surface area contributed by atoms with Crippen LogP contribution in [0.15, 0.2) is 0 Å². The van der Waals surface area contributed by atoms with Crippen LogP contribution >= 0.6 is 0 Å². The lowest BCUT2D eigenvalue weighted by Crippen LogP contribution is -2.55. The number of nitrogens with one attached hydrogen (secondary N) is 2. The molecule has 3 N–H and O–H groups in total. The van der Waals surface area contributed by atoms with Gasteiger partial charge in [-0.15, -0.1) is 0 Å². The first-order valence-corrected chi connectivity index (χ1v) is 6.89. The van der Waals surface area contributed by atoms with Crippen LogP contribution in [0.25, 0.3) is 0 Å². The molecule has 0 radical (unpaired) electrons. The number of amides is 2. The largest absolute Gasteiger partial charge is 0.479 e. The lowest BCUT2D eigenvalue weighted by atomic mass is 9.98.